The highest BCUT2D eigenvalue weighted by atomic mass is 32.2. The van der Waals surface area contributed by atoms with Crippen LogP contribution in [0.1, 0.15) is 91.2 Å². The number of carbonyl (C=O) groups is 5. The van der Waals surface area contributed by atoms with Crippen molar-refractivity contribution in [1.82, 2.24) is 0 Å². The third kappa shape index (κ3) is 17.4. The Bertz CT molecular complexity index is 4600. The Kier molecular flexibility index (Phi) is 26.8. The summed E-state index contributed by atoms with van der Waals surface area (Å²) >= 11 is 0. The molecule has 0 radical (unpaired) electrons. The lowest BCUT2D eigenvalue weighted by Gasteiger charge is -2.12. The zero-order valence-corrected chi connectivity index (χ0v) is 46.5. The predicted molar refractivity (Wildman–Crippen MR) is 326 cm³/mol. The van der Waals surface area contributed by atoms with Gasteiger partial charge in [-0.2, -0.15) is 23.9 Å². The van der Waals surface area contributed by atoms with Crippen LogP contribution in [0, 0.1) is 0 Å². The van der Waals surface area contributed by atoms with Gasteiger partial charge in [-0.05, 0) is 54.6 Å². The number of ketones is 5. The molecule has 9 rings (SSSR count). The Morgan fingerprint density at radius 3 is 1.15 bits per heavy atom. The highest BCUT2D eigenvalue weighted by Crippen LogP contribution is 2.31. The summed E-state index contributed by atoms with van der Waals surface area (Å²) in [5.41, 5.74) is 44.8. The molecule has 0 amide bonds. The van der Waals surface area contributed by atoms with Crippen LogP contribution in [0.15, 0.2) is 142 Å². The van der Waals surface area contributed by atoms with Gasteiger partial charge >= 0.3 is 28.6 Å². The van der Waals surface area contributed by atoms with Crippen molar-refractivity contribution in [1.29, 1.82) is 0 Å². The number of rotatable bonds is 5. The number of carbonyl (C=O) groups excluding carboxylic acids is 5. The molecule has 0 aromatic heterocycles. The molecule has 5 aliphatic carbocycles. The number of hydrogen-bond acceptors (Lipinski definition) is 15. The van der Waals surface area contributed by atoms with E-state index in [1.54, 1.807) is 48.5 Å². The van der Waals surface area contributed by atoms with Crippen molar-refractivity contribution in [2.75, 3.05) is 31.3 Å². The van der Waals surface area contributed by atoms with Crippen LogP contribution in [0.4, 0.5) is 0 Å². The maximum Gasteiger partial charge on any atom is 0.369 e. The largest absolute Gasteiger partial charge is 0.369 e. The predicted octanol–water partition coefficient (Wildman–Crippen LogP) is 6.19. The fraction of sp³-hybridized carbons (Fsp3) is 0.179. The highest BCUT2D eigenvalue weighted by Gasteiger charge is 2.36. The first-order chi connectivity index (χ1) is 37.7. The maximum atomic E-state index is 11.8. The fourth-order valence-corrected chi connectivity index (χ4v) is 11.9. The topological polar surface area (TPSA) is 438 Å². The van der Waals surface area contributed by atoms with E-state index in [0.29, 0.717) is 33.4 Å². The minimum Gasteiger partial charge on any atom is -0.361 e. The summed E-state index contributed by atoms with van der Waals surface area (Å²) in [6.45, 7) is 0. The van der Waals surface area contributed by atoms with Gasteiger partial charge < -0.3 is 27.7 Å². The molecule has 4 aromatic rings. The molecule has 5 aliphatic rings. The summed E-state index contributed by atoms with van der Waals surface area (Å²) in [4.78, 5) is 71.8. The molecule has 0 bridgehead atoms. The van der Waals surface area contributed by atoms with Gasteiger partial charge in [-0.3, -0.25) is 24.0 Å². The van der Waals surface area contributed by atoms with Crippen LogP contribution < -0.4 is 0 Å². The highest BCUT2D eigenvalue weighted by molar-refractivity contribution is 8.00. The summed E-state index contributed by atoms with van der Waals surface area (Å²) in [7, 11) is -17.1. The number of benzene rings is 4. The molecule has 0 heterocycles. The van der Waals surface area contributed by atoms with Crippen LogP contribution in [0.25, 0.3) is 49.6 Å². The van der Waals surface area contributed by atoms with Crippen molar-refractivity contribution in [2.45, 2.75) is 46.9 Å². The van der Waals surface area contributed by atoms with Crippen LogP contribution in [0.2, 0.25) is 0 Å². The van der Waals surface area contributed by atoms with Gasteiger partial charge in [-0.15, -0.1) is 0 Å². The second kappa shape index (κ2) is 30.2. The van der Waals surface area contributed by atoms with E-state index >= 15 is 0 Å². The number of allylic oxidation sites excluding steroid dienone is 7. The van der Waals surface area contributed by atoms with Gasteiger partial charge in [0.15, 0.2) is 49.2 Å². The standard InChI is InChI=1S/4C11H8N2O3S.C7H6N2O3S.5CH4/c1-17(15,16)10-4-2-3-8-7(10)5-6-9(14)11(8)13-12;1-17(15,16)10-4-2-3-8-7(10)5-6-9(13-12)11(8)14;1-17(15,16)10-6-9(14)11(13-12)8-5-3-2-4-7(8)10;1-17(15,16)10-6-9(13-12)11(14)8-5-3-2-4-7(8)10;1-13(11,12)5-2-3-7(10)6(4-5)9-8;;;;;/h4*2-6H,1H3;2-4H,1H3;5*1H4. The van der Waals surface area contributed by atoms with Crippen molar-refractivity contribution >= 4 is 129 Å². The molecule has 0 aliphatic heterocycles. The number of fused-ring (bicyclic) bond motifs is 4. The molecule has 30 heteroatoms. The first-order valence-electron chi connectivity index (χ1n) is 22.2. The van der Waals surface area contributed by atoms with Gasteiger partial charge in [0.25, 0.3) is 28.9 Å². The van der Waals surface area contributed by atoms with E-state index in [0.717, 1.165) is 55.6 Å². The molecule has 86 heavy (non-hydrogen) atoms. The van der Waals surface area contributed by atoms with Gasteiger partial charge in [0.05, 0.1) is 47.8 Å². The Balaban J connectivity index is 0.00000104. The normalized spacial score (nSPS) is 14.2. The number of Topliss-reactive ketones (excluding diaryl/α,β-unsaturated/α-hetero) is 2. The van der Waals surface area contributed by atoms with E-state index in [2.05, 4.69) is 23.9 Å². The molecule has 4 aromatic carbocycles. The molecular formula is C56H58N10O15S5. The van der Waals surface area contributed by atoms with E-state index in [-0.39, 0.29) is 101 Å². The number of nitrogens with zero attached hydrogens (tertiary/aromatic N) is 10. The average Bonchev–Trinajstić information content (AvgIpc) is 1.39. The van der Waals surface area contributed by atoms with E-state index in [1.807, 2.05) is 0 Å². The summed E-state index contributed by atoms with van der Waals surface area (Å²) in [6, 6.07) is 21.6. The van der Waals surface area contributed by atoms with E-state index in [9.17, 15) is 66.1 Å². The second-order valence-electron chi connectivity index (χ2n) is 17.1. The lowest BCUT2D eigenvalue weighted by Crippen LogP contribution is -2.22. The van der Waals surface area contributed by atoms with Gasteiger partial charge in [0.1, 0.15) is 0 Å². The van der Waals surface area contributed by atoms with Crippen molar-refractivity contribution in [3.05, 3.63) is 205 Å². The van der Waals surface area contributed by atoms with Crippen LogP contribution >= 0.6 is 0 Å². The molecule has 452 valence electrons. The van der Waals surface area contributed by atoms with Crippen molar-refractivity contribution in [2.24, 2.45) is 0 Å². The third-order valence-corrected chi connectivity index (χ3v) is 17.0. The van der Waals surface area contributed by atoms with Gasteiger partial charge in [0.2, 0.25) is 0 Å². The van der Waals surface area contributed by atoms with Gasteiger partial charge in [0, 0.05) is 76.8 Å². The summed E-state index contributed by atoms with van der Waals surface area (Å²) < 4.78 is 115. The molecule has 0 fully saturated rings. The number of sulfone groups is 5. The van der Waals surface area contributed by atoms with Crippen molar-refractivity contribution in [3.8, 4) is 0 Å². The zero-order valence-electron chi connectivity index (χ0n) is 42.4. The quantitative estimate of drug-likeness (QED) is 0.122. The second-order valence-corrected chi connectivity index (χ2v) is 27.0. The first-order valence-corrected chi connectivity index (χ1v) is 31.7. The lowest BCUT2D eigenvalue weighted by molar-refractivity contribution is -0.113. The lowest BCUT2D eigenvalue weighted by atomic mass is 9.95. The molecule has 0 atom stereocenters. The minimum atomic E-state index is -3.50. The number of hydrogen-bond donors (Lipinski definition) is 0. The summed E-state index contributed by atoms with van der Waals surface area (Å²) in [5, 5.41) is 0. The van der Waals surface area contributed by atoms with Crippen molar-refractivity contribution in [3.63, 3.8) is 0 Å². The van der Waals surface area contributed by atoms with Crippen LogP contribution in [0.3, 0.4) is 0 Å². The molecular weight excluding hydrogens is 1210 g/mol. The molecule has 0 saturated heterocycles. The first kappa shape index (κ1) is 76.3. The van der Waals surface area contributed by atoms with Gasteiger partial charge in [-0.25, -0.2) is 42.1 Å². The smallest absolute Gasteiger partial charge is 0.361 e. The Morgan fingerprint density at radius 1 is 0.314 bits per heavy atom. The maximum absolute atomic E-state index is 11.8. The minimum absolute atomic E-state index is 0. The summed E-state index contributed by atoms with van der Waals surface area (Å²) in [5.74, 6) is -2.57. The molecule has 0 unspecified atom stereocenters. The molecule has 0 saturated carbocycles. The summed E-state index contributed by atoms with van der Waals surface area (Å²) in [6.07, 6.45) is 15.9. The Morgan fingerprint density at radius 2 is 0.698 bits per heavy atom. The molecule has 0 spiro atoms. The van der Waals surface area contributed by atoms with E-state index < -0.39 is 78.1 Å². The van der Waals surface area contributed by atoms with Crippen LogP contribution in [-0.4, -0.2) is 155 Å². The van der Waals surface area contributed by atoms with E-state index in [4.69, 9.17) is 27.7 Å². The SMILES string of the molecule is C.C.C.C.C.CS(=O)(=O)C1=CC(=O)C(=[N+]=[N-])c2ccccc21.CS(=O)(=O)C1=CC(=[N+]=[N-])C(=O)C=C1.CS(=O)(=O)C1=CC(=[N+]=[N-])C(=O)c2ccccc21.CS(=O)(=O)c1cccc2c1C=CC(=O)C2=[N+]=[N-].CS(=O)(=O)c1cccc2c1C=CC(=[N+]=[N-])C2=O. The van der Waals surface area contributed by atoms with E-state index in [1.165, 1.54) is 66.8 Å². The molecule has 0 N–H and O–H groups in total. The average molecular weight is 1270 g/mol. The van der Waals surface area contributed by atoms with Gasteiger partial charge in [-0.1, -0.05) is 97.8 Å². The third-order valence-electron chi connectivity index (χ3n) is 11.3. The van der Waals surface area contributed by atoms with Crippen molar-refractivity contribution < 1.29 is 90.0 Å². The molecule has 25 nitrogen and oxygen atoms in total. The Labute approximate surface area is 498 Å². The van der Waals surface area contributed by atoms with Crippen LogP contribution in [0.5, 0.6) is 0 Å². The zero-order chi connectivity index (χ0) is 60.6. The monoisotopic (exact) mass is 1270 g/mol. The Hall–Kier alpha value is -9.68. The van der Waals surface area contributed by atoms with Crippen LogP contribution in [-0.2, 0) is 63.6 Å². The fourth-order valence-electron chi connectivity index (χ4n) is 7.61.